The third kappa shape index (κ3) is 5.48. The zero-order chi connectivity index (χ0) is 15.2. The fourth-order valence-electron chi connectivity index (χ4n) is 2.63. The number of anilines is 1. The number of hydrogen-bond donors (Lipinski definition) is 2. The number of amides is 1. The number of hydrogen-bond acceptors (Lipinski definition) is 4. The number of halogens is 1. The van der Waals surface area contributed by atoms with Crippen LogP contribution in [0.25, 0.3) is 0 Å². The van der Waals surface area contributed by atoms with Crippen LogP contribution >= 0.6 is 12.4 Å². The molecular formula is C16H27ClN4O. The molecule has 0 radical (unpaired) electrons. The summed E-state index contributed by atoms with van der Waals surface area (Å²) in [7, 11) is 0. The SMILES string of the molecule is CC(CN1CCN(c2ccccc2)CC1)NC(=O)C(C)N.Cl. The number of benzene rings is 1. The highest BCUT2D eigenvalue weighted by Gasteiger charge is 2.19. The second kappa shape index (κ2) is 8.98. The van der Waals surface area contributed by atoms with Crippen LogP contribution in [-0.2, 0) is 4.79 Å². The predicted octanol–water partition coefficient (Wildman–Crippen LogP) is 1.08. The molecule has 2 atom stereocenters. The molecule has 124 valence electrons. The molecule has 2 unspecified atom stereocenters. The topological polar surface area (TPSA) is 61.6 Å². The fraction of sp³-hybridized carbons (Fsp3) is 0.562. The molecule has 1 aliphatic heterocycles. The predicted molar refractivity (Wildman–Crippen MR) is 93.6 cm³/mol. The smallest absolute Gasteiger partial charge is 0.236 e. The van der Waals surface area contributed by atoms with E-state index in [2.05, 4.69) is 39.4 Å². The molecule has 5 nitrogen and oxygen atoms in total. The Labute approximate surface area is 139 Å². The Kier molecular flexibility index (Phi) is 7.65. The first-order valence-corrected chi connectivity index (χ1v) is 7.64. The van der Waals surface area contributed by atoms with Gasteiger partial charge in [-0.15, -0.1) is 12.4 Å². The highest BCUT2D eigenvalue weighted by molar-refractivity contribution is 5.85. The van der Waals surface area contributed by atoms with E-state index in [4.69, 9.17) is 5.73 Å². The summed E-state index contributed by atoms with van der Waals surface area (Å²) in [4.78, 5) is 16.4. The quantitative estimate of drug-likeness (QED) is 0.850. The minimum absolute atomic E-state index is 0. The van der Waals surface area contributed by atoms with Crippen molar-refractivity contribution in [2.75, 3.05) is 37.6 Å². The summed E-state index contributed by atoms with van der Waals surface area (Å²) in [5.74, 6) is -0.0783. The molecule has 1 aromatic rings. The number of rotatable bonds is 5. The Morgan fingerprint density at radius 2 is 1.77 bits per heavy atom. The Hall–Kier alpha value is -1.30. The van der Waals surface area contributed by atoms with Gasteiger partial charge in [-0.3, -0.25) is 9.69 Å². The van der Waals surface area contributed by atoms with Gasteiger partial charge in [0.15, 0.2) is 0 Å². The van der Waals surface area contributed by atoms with Gasteiger partial charge in [-0.05, 0) is 26.0 Å². The van der Waals surface area contributed by atoms with Crippen LogP contribution in [0, 0.1) is 0 Å². The number of carbonyl (C=O) groups is 1. The number of nitrogens with zero attached hydrogens (tertiary/aromatic N) is 2. The van der Waals surface area contributed by atoms with Gasteiger partial charge in [0.2, 0.25) is 5.91 Å². The van der Waals surface area contributed by atoms with Crippen molar-refractivity contribution in [3.05, 3.63) is 30.3 Å². The summed E-state index contributed by atoms with van der Waals surface area (Å²) in [5.41, 5.74) is 6.86. The number of para-hydroxylation sites is 1. The Balaban J connectivity index is 0.00000242. The molecule has 1 aliphatic rings. The number of piperazine rings is 1. The Morgan fingerprint density at radius 3 is 2.32 bits per heavy atom. The highest BCUT2D eigenvalue weighted by Crippen LogP contribution is 2.15. The molecule has 0 bridgehead atoms. The van der Waals surface area contributed by atoms with E-state index in [9.17, 15) is 4.79 Å². The van der Waals surface area contributed by atoms with Gasteiger partial charge in [0.1, 0.15) is 0 Å². The number of carbonyl (C=O) groups excluding carboxylic acids is 1. The first kappa shape index (κ1) is 18.7. The first-order valence-electron chi connectivity index (χ1n) is 7.64. The zero-order valence-corrected chi connectivity index (χ0v) is 14.2. The van der Waals surface area contributed by atoms with Crippen molar-refractivity contribution in [1.82, 2.24) is 10.2 Å². The van der Waals surface area contributed by atoms with Gasteiger partial charge < -0.3 is 16.0 Å². The fourth-order valence-corrected chi connectivity index (χ4v) is 2.63. The largest absolute Gasteiger partial charge is 0.369 e. The lowest BCUT2D eigenvalue weighted by atomic mass is 10.2. The molecule has 1 amide bonds. The van der Waals surface area contributed by atoms with E-state index >= 15 is 0 Å². The van der Waals surface area contributed by atoms with E-state index in [1.807, 2.05) is 13.0 Å². The van der Waals surface area contributed by atoms with Crippen LogP contribution in [0.3, 0.4) is 0 Å². The number of nitrogens with two attached hydrogens (primary N) is 1. The van der Waals surface area contributed by atoms with E-state index in [0.29, 0.717) is 0 Å². The van der Waals surface area contributed by atoms with E-state index in [-0.39, 0.29) is 24.4 Å². The highest BCUT2D eigenvalue weighted by atomic mass is 35.5. The standard InChI is InChI=1S/C16H26N4O.ClH/c1-13(18-16(21)14(2)17)12-19-8-10-20(11-9-19)15-6-4-3-5-7-15;/h3-7,13-14H,8-12,17H2,1-2H3,(H,18,21);1H. The summed E-state index contributed by atoms with van der Waals surface area (Å²) in [6.45, 7) is 8.71. The third-order valence-corrected chi connectivity index (χ3v) is 3.83. The van der Waals surface area contributed by atoms with E-state index in [1.54, 1.807) is 6.92 Å². The molecule has 22 heavy (non-hydrogen) atoms. The van der Waals surface area contributed by atoms with Gasteiger partial charge in [0.05, 0.1) is 6.04 Å². The van der Waals surface area contributed by atoms with Crippen LogP contribution in [-0.4, -0.2) is 55.6 Å². The average molecular weight is 327 g/mol. The molecular weight excluding hydrogens is 300 g/mol. The third-order valence-electron chi connectivity index (χ3n) is 3.83. The molecule has 1 aromatic carbocycles. The molecule has 0 spiro atoms. The van der Waals surface area contributed by atoms with E-state index in [0.717, 1.165) is 32.7 Å². The monoisotopic (exact) mass is 326 g/mol. The maximum atomic E-state index is 11.6. The van der Waals surface area contributed by atoms with Crippen molar-refractivity contribution < 1.29 is 4.79 Å². The Morgan fingerprint density at radius 1 is 1.18 bits per heavy atom. The van der Waals surface area contributed by atoms with Crippen LogP contribution in [0.1, 0.15) is 13.8 Å². The minimum atomic E-state index is -0.442. The molecule has 0 aromatic heterocycles. The molecule has 1 heterocycles. The normalized spacial score (nSPS) is 18.2. The van der Waals surface area contributed by atoms with Gasteiger partial charge in [0, 0.05) is 44.5 Å². The first-order chi connectivity index (χ1) is 10.1. The lowest BCUT2D eigenvalue weighted by Crippen LogP contribution is -2.52. The summed E-state index contributed by atoms with van der Waals surface area (Å²) < 4.78 is 0. The van der Waals surface area contributed by atoms with Gasteiger partial charge in [-0.1, -0.05) is 18.2 Å². The van der Waals surface area contributed by atoms with Crippen molar-refractivity contribution in [3.8, 4) is 0 Å². The second-order valence-corrected chi connectivity index (χ2v) is 5.82. The van der Waals surface area contributed by atoms with E-state index < -0.39 is 6.04 Å². The summed E-state index contributed by atoms with van der Waals surface area (Å²) >= 11 is 0. The van der Waals surface area contributed by atoms with Crippen LogP contribution in [0.4, 0.5) is 5.69 Å². The second-order valence-electron chi connectivity index (χ2n) is 5.82. The van der Waals surface area contributed by atoms with Gasteiger partial charge in [-0.2, -0.15) is 0 Å². The van der Waals surface area contributed by atoms with Crippen LogP contribution in [0.2, 0.25) is 0 Å². The van der Waals surface area contributed by atoms with Crippen molar-refractivity contribution in [1.29, 1.82) is 0 Å². The van der Waals surface area contributed by atoms with Crippen LogP contribution < -0.4 is 16.0 Å². The Bertz CT molecular complexity index is 447. The number of nitrogens with one attached hydrogen (secondary N) is 1. The molecule has 2 rings (SSSR count). The summed E-state index contributed by atoms with van der Waals surface area (Å²) in [6, 6.07) is 10.2. The van der Waals surface area contributed by atoms with Crippen LogP contribution in [0.5, 0.6) is 0 Å². The molecule has 0 aliphatic carbocycles. The maximum Gasteiger partial charge on any atom is 0.236 e. The maximum absolute atomic E-state index is 11.6. The molecule has 1 fully saturated rings. The zero-order valence-electron chi connectivity index (χ0n) is 13.4. The van der Waals surface area contributed by atoms with Gasteiger partial charge in [-0.25, -0.2) is 0 Å². The summed E-state index contributed by atoms with van der Waals surface area (Å²) in [6.07, 6.45) is 0. The summed E-state index contributed by atoms with van der Waals surface area (Å²) in [5, 5.41) is 2.95. The van der Waals surface area contributed by atoms with Crippen molar-refractivity contribution in [3.63, 3.8) is 0 Å². The minimum Gasteiger partial charge on any atom is -0.369 e. The molecule has 6 heteroatoms. The van der Waals surface area contributed by atoms with Gasteiger partial charge in [0.25, 0.3) is 0 Å². The van der Waals surface area contributed by atoms with Gasteiger partial charge >= 0.3 is 0 Å². The lowest BCUT2D eigenvalue weighted by molar-refractivity contribution is -0.122. The van der Waals surface area contributed by atoms with Crippen LogP contribution in [0.15, 0.2) is 30.3 Å². The lowest BCUT2D eigenvalue weighted by Gasteiger charge is -2.37. The molecule has 1 saturated heterocycles. The van der Waals surface area contributed by atoms with E-state index in [1.165, 1.54) is 5.69 Å². The van der Waals surface area contributed by atoms with Crippen molar-refractivity contribution in [2.24, 2.45) is 5.73 Å². The average Bonchev–Trinajstić information content (AvgIpc) is 2.48. The molecule has 0 saturated carbocycles. The molecule has 3 N–H and O–H groups in total. The van der Waals surface area contributed by atoms with Crippen molar-refractivity contribution >= 4 is 24.0 Å². The van der Waals surface area contributed by atoms with Crippen molar-refractivity contribution in [2.45, 2.75) is 25.9 Å².